The van der Waals surface area contributed by atoms with E-state index in [1.807, 2.05) is 45.2 Å². The van der Waals surface area contributed by atoms with Crippen LogP contribution in [0.25, 0.3) is 27.7 Å². The Balaban J connectivity index is 1.40. The minimum atomic E-state index is -1.10. The molecule has 66 heavy (non-hydrogen) atoms. The summed E-state index contributed by atoms with van der Waals surface area (Å²) in [7, 11) is 3.24. The number of hydrazine groups is 1. The Morgan fingerprint density at radius 1 is 1.15 bits per heavy atom. The smallest absolute Gasteiger partial charge is 0.324 e. The molecular formula is C49H67N9O7S. The van der Waals surface area contributed by atoms with Gasteiger partial charge in [-0.25, -0.2) is 15.2 Å². The lowest BCUT2D eigenvalue weighted by molar-refractivity contribution is -0.155. The van der Waals surface area contributed by atoms with Gasteiger partial charge in [0.05, 0.1) is 40.8 Å². The van der Waals surface area contributed by atoms with Crippen LogP contribution in [0.4, 0.5) is 4.79 Å². The minimum absolute atomic E-state index is 0.0617. The van der Waals surface area contributed by atoms with Gasteiger partial charge in [0.1, 0.15) is 18.1 Å². The number of hydrogen-bond acceptors (Lipinski definition) is 11. The molecule has 0 saturated carbocycles. The van der Waals surface area contributed by atoms with Crippen LogP contribution in [0, 0.1) is 11.3 Å². The molecule has 6 rings (SSSR count). The average molecular weight is 926 g/mol. The third kappa shape index (κ3) is 10.6. The number of esters is 1. The maximum Gasteiger partial charge on any atom is 0.324 e. The molecule has 2 saturated heterocycles. The predicted octanol–water partition coefficient (Wildman–Crippen LogP) is 5.91. The second kappa shape index (κ2) is 21.3. The molecule has 2 aromatic heterocycles. The SMILES string of the molecule is C=CC(=O)NC[C@H]1CCN1C(=O)N(C)[C@H](C(=O)N[C@H]1Cc2nc(cs2)-c2ccc3c(c2)c(c(/C(C=C)=C(/N=C\C)[C@H](C)OC)n3CC)CC(C)(C)COC(=O)[C@@H]2CCCN(N2)C1=O)C(C)C. The average Bonchev–Trinajstić information content (AvgIpc) is 3.88. The number of allylic oxidation sites excluding steroid dienone is 2. The number of carbonyl (C=O) groups excluding carboxylic acids is 5. The molecule has 17 heteroatoms. The Kier molecular flexibility index (Phi) is 16.1. The van der Waals surface area contributed by atoms with Crippen molar-refractivity contribution in [3.63, 3.8) is 0 Å². The van der Waals surface area contributed by atoms with Crippen molar-refractivity contribution in [1.82, 2.24) is 40.4 Å². The fourth-order valence-corrected chi connectivity index (χ4v) is 10.0. The molecule has 0 aliphatic carbocycles. The van der Waals surface area contributed by atoms with E-state index in [1.165, 1.54) is 27.3 Å². The number of aromatic nitrogens is 2. The monoisotopic (exact) mass is 925 g/mol. The number of fused-ring (bicyclic) bond motifs is 6. The zero-order chi connectivity index (χ0) is 48.0. The molecule has 3 aromatic rings. The zero-order valence-electron chi connectivity index (χ0n) is 39.9. The Morgan fingerprint density at radius 3 is 2.55 bits per heavy atom. The summed E-state index contributed by atoms with van der Waals surface area (Å²) < 4.78 is 14.2. The van der Waals surface area contributed by atoms with Gasteiger partial charge < -0.3 is 34.5 Å². The molecule has 5 amide bonds. The minimum Gasteiger partial charge on any atom is -0.464 e. The van der Waals surface area contributed by atoms with Crippen LogP contribution in [0.2, 0.25) is 0 Å². The Hall–Kier alpha value is -5.65. The van der Waals surface area contributed by atoms with Gasteiger partial charge in [-0.3, -0.25) is 29.2 Å². The standard InChI is InChI=1S/C49H67N9O7S/c1-12-33(42(50-14-3)30(7)64-11)44-35-25-49(8,9)28-65-47(62)36-17-16-21-58(54-36)46(61)37(24-41-52-38(27-66-41)31-18-19-39(34(35)23-31)56(44)15-4)53-45(60)43(29(5)6)55(10)48(63)57-22-20-32(57)26-51-40(59)13-2/h12-14,18-19,23,27,29-30,32,36-37,43,54H,1-2,15-17,20-22,24-26,28H2,3-11H3,(H,51,59)(H,53,60)/b42-33+,50-14-/t30-,32+,36-,37-,43-/m0/s1. The molecule has 0 radical (unpaired) electrons. The number of likely N-dealkylation sites (N-methyl/N-ethyl adjacent to an activating group) is 1. The summed E-state index contributed by atoms with van der Waals surface area (Å²) >= 11 is 1.39. The number of aliphatic imine (C=N–C) groups is 1. The predicted molar refractivity (Wildman–Crippen MR) is 259 cm³/mol. The van der Waals surface area contributed by atoms with Crippen LogP contribution < -0.4 is 16.1 Å². The molecule has 5 heterocycles. The van der Waals surface area contributed by atoms with Crippen molar-refractivity contribution >= 4 is 63.7 Å². The van der Waals surface area contributed by atoms with E-state index in [2.05, 4.69) is 66.7 Å². The second-order valence-electron chi connectivity index (χ2n) is 18.4. The van der Waals surface area contributed by atoms with Gasteiger partial charge in [-0.2, -0.15) is 0 Å². The Morgan fingerprint density at radius 2 is 1.91 bits per heavy atom. The molecule has 16 nitrogen and oxygen atoms in total. The summed E-state index contributed by atoms with van der Waals surface area (Å²) in [6.07, 6.45) is 6.75. The fourth-order valence-electron chi connectivity index (χ4n) is 9.18. The lowest BCUT2D eigenvalue weighted by Crippen LogP contribution is -2.64. The van der Waals surface area contributed by atoms with Gasteiger partial charge in [0.25, 0.3) is 5.91 Å². The molecule has 6 bridgehead atoms. The van der Waals surface area contributed by atoms with Crippen molar-refractivity contribution in [2.45, 2.75) is 117 Å². The first-order chi connectivity index (χ1) is 31.5. The van der Waals surface area contributed by atoms with Crippen LogP contribution >= 0.6 is 11.3 Å². The van der Waals surface area contributed by atoms with Gasteiger partial charge in [0, 0.05) is 85.8 Å². The highest BCUT2D eigenvalue weighted by molar-refractivity contribution is 7.10. The third-order valence-electron chi connectivity index (χ3n) is 12.8. The molecule has 5 atom stereocenters. The van der Waals surface area contributed by atoms with Gasteiger partial charge in [0.15, 0.2) is 0 Å². The largest absolute Gasteiger partial charge is 0.464 e. The summed E-state index contributed by atoms with van der Waals surface area (Å²) in [6, 6.07) is 2.89. The van der Waals surface area contributed by atoms with Crippen molar-refractivity contribution in [2.24, 2.45) is 16.3 Å². The summed E-state index contributed by atoms with van der Waals surface area (Å²) in [5.74, 6) is -2.06. The maximum atomic E-state index is 14.6. The van der Waals surface area contributed by atoms with Crippen LogP contribution in [-0.2, 0) is 48.0 Å². The summed E-state index contributed by atoms with van der Waals surface area (Å²) in [6.45, 7) is 23.4. The number of cyclic esters (lactones) is 1. The lowest BCUT2D eigenvalue weighted by atomic mass is 9.84. The first-order valence-electron chi connectivity index (χ1n) is 22.9. The maximum absolute atomic E-state index is 14.6. The van der Waals surface area contributed by atoms with Crippen LogP contribution in [0.1, 0.15) is 84.0 Å². The van der Waals surface area contributed by atoms with E-state index < -0.39 is 41.3 Å². The third-order valence-corrected chi connectivity index (χ3v) is 13.6. The number of nitrogens with one attached hydrogen (secondary N) is 3. The van der Waals surface area contributed by atoms with Crippen molar-refractivity contribution < 1.29 is 33.4 Å². The van der Waals surface area contributed by atoms with E-state index >= 15 is 0 Å². The van der Waals surface area contributed by atoms with E-state index in [9.17, 15) is 24.0 Å². The number of urea groups is 1. The number of aryl methyl sites for hydroxylation is 1. The number of rotatable bonds is 13. The molecule has 1 aromatic carbocycles. The first kappa shape index (κ1) is 49.8. The highest BCUT2D eigenvalue weighted by atomic mass is 32.1. The van der Waals surface area contributed by atoms with Crippen LogP contribution in [0.5, 0.6) is 0 Å². The number of thiazole rings is 1. The molecule has 3 N–H and O–H groups in total. The molecule has 0 unspecified atom stereocenters. The summed E-state index contributed by atoms with van der Waals surface area (Å²) in [4.78, 5) is 81.6. The number of hydrogen-bond donors (Lipinski definition) is 3. The molecule has 356 valence electrons. The van der Waals surface area contributed by atoms with E-state index in [1.54, 1.807) is 25.3 Å². The topological polar surface area (TPSA) is 180 Å². The van der Waals surface area contributed by atoms with E-state index in [4.69, 9.17) is 19.5 Å². The van der Waals surface area contributed by atoms with Crippen LogP contribution in [0.3, 0.4) is 0 Å². The normalized spacial score (nSPS) is 21.3. The second-order valence-corrected chi connectivity index (χ2v) is 19.3. The van der Waals surface area contributed by atoms with Crippen molar-refractivity contribution in [3.8, 4) is 11.3 Å². The van der Waals surface area contributed by atoms with Gasteiger partial charge in [-0.15, -0.1) is 11.3 Å². The first-order valence-corrected chi connectivity index (χ1v) is 23.8. The van der Waals surface area contributed by atoms with Gasteiger partial charge in [-0.05, 0) is 76.1 Å². The molecule has 3 aliphatic rings. The fraction of sp³-hybridized carbons (Fsp3) is 0.531. The lowest BCUT2D eigenvalue weighted by Gasteiger charge is -2.44. The Labute approximate surface area is 392 Å². The number of methoxy groups -OCH3 is 1. The van der Waals surface area contributed by atoms with Gasteiger partial charge in [-0.1, -0.05) is 53.0 Å². The summed E-state index contributed by atoms with van der Waals surface area (Å²) in [5, 5.41) is 10.8. The summed E-state index contributed by atoms with van der Waals surface area (Å²) in [5.41, 5.74) is 8.81. The van der Waals surface area contributed by atoms with E-state index in [-0.39, 0.29) is 49.6 Å². The number of nitrogens with zero attached hydrogens (tertiary/aromatic N) is 6. The zero-order valence-corrected chi connectivity index (χ0v) is 40.8. The van der Waals surface area contributed by atoms with Gasteiger partial charge in [0.2, 0.25) is 11.8 Å². The quantitative estimate of drug-likeness (QED) is 0.0814. The molecule has 3 aliphatic heterocycles. The Bertz CT molecular complexity index is 2400. The van der Waals surface area contributed by atoms with E-state index in [0.29, 0.717) is 50.3 Å². The number of ether oxygens (including phenoxy) is 2. The van der Waals surface area contributed by atoms with Crippen LogP contribution in [-0.4, -0.2) is 131 Å². The van der Waals surface area contributed by atoms with Crippen molar-refractivity contribution in [1.29, 1.82) is 0 Å². The highest BCUT2D eigenvalue weighted by Gasteiger charge is 2.41. The number of likely N-dealkylation sites (tertiary alicyclic amines) is 1. The van der Waals surface area contributed by atoms with E-state index in [0.717, 1.165) is 44.7 Å². The molecule has 2 fully saturated rings. The van der Waals surface area contributed by atoms with Crippen molar-refractivity contribution in [2.75, 3.05) is 40.4 Å². The van der Waals surface area contributed by atoms with Crippen molar-refractivity contribution in [3.05, 3.63) is 70.9 Å². The van der Waals surface area contributed by atoms with Crippen LogP contribution in [0.15, 0.2) is 59.6 Å². The number of carbonyl (C=O) groups is 5. The number of benzene rings is 1. The number of amides is 5. The van der Waals surface area contributed by atoms with Gasteiger partial charge >= 0.3 is 12.0 Å². The molecular weight excluding hydrogens is 859 g/mol. The molecule has 0 spiro atoms. The highest BCUT2D eigenvalue weighted by Crippen LogP contribution is 2.40.